The van der Waals surface area contributed by atoms with E-state index in [1.54, 1.807) is 0 Å². The van der Waals surface area contributed by atoms with Gasteiger partial charge in [0, 0.05) is 5.41 Å². The number of hydrogen-bond acceptors (Lipinski definition) is 2. The zero-order valence-corrected chi connectivity index (χ0v) is 8.88. The summed E-state index contributed by atoms with van der Waals surface area (Å²) >= 11 is 0. The molecule has 0 aliphatic carbocycles. The SMILES string of the molecule is CCC(C)(C=O)CC1CCC(C)O1. The van der Waals surface area contributed by atoms with E-state index in [4.69, 9.17) is 4.74 Å². The topological polar surface area (TPSA) is 26.3 Å². The van der Waals surface area contributed by atoms with Crippen molar-refractivity contribution in [2.45, 2.75) is 58.7 Å². The first-order valence-electron chi connectivity index (χ1n) is 5.21. The molecule has 0 spiro atoms. The molecule has 76 valence electrons. The minimum atomic E-state index is -0.172. The van der Waals surface area contributed by atoms with Crippen molar-refractivity contribution in [3.63, 3.8) is 0 Å². The Kier molecular flexibility index (Phi) is 3.48. The lowest BCUT2D eigenvalue weighted by Gasteiger charge is -2.24. The van der Waals surface area contributed by atoms with Crippen molar-refractivity contribution >= 4 is 6.29 Å². The number of rotatable bonds is 4. The molecule has 1 heterocycles. The van der Waals surface area contributed by atoms with Crippen molar-refractivity contribution in [1.82, 2.24) is 0 Å². The number of carbonyl (C=O) groups is 1. The number of carbonyl (C=O) groups excluding carboxylic acids is 1. The maximum Gasteiger partial charge on any atom is 0.125 e. The third kappa shape index (κ3) is 2.80. The van der Waals surface area contributed by atoms with Crippen LogP contribution < -0.4 is 0 Å². The molecule has 1 aliphatic rings. The molecular weight excluding hydrogens is 164 g/mol. The summed E-state index contributed by atoms with van der Waals surface area (Å²) in [6, 6.07) is 0. The predicted octanol–water partition coefficient (Wildman–Crippen LogP) is 2.56. The van der Waals surface area contributed by atoms with Crippen molar-refractivity contribution in [3.05, 3.63) is 0 Å². The maximum atomic E-state index is 10.9. The Morgan fingerprint density at radius 3 is 2.62 bits per heavy atom. The Morgan fingerprint density at radius 1 is 1.54 bits per heavy atom. The van der Waals surface area contributed by atoms with E-state index in [0.717, 1.165) is 32.0 Å². The van der Waals surface area contributed by atoms with Crippen molar-refractivity contribution in [3.8, 4) is 0 Å². The third-order valence-electron chi connectivity index (χ3n) is 3.11. The minimum Gasteiger partial charge on any atom is -0.375 e. The Morgan fingerprint density at radius 2 is 2.23 bits per heavy atom. The molecule has 2 nitrogen and oxygen atoms in total. The van der Waals surface area contributed by atoms with Crippen LogP contribution in [-0.4, -0.2) is 18.5 Å². The average molecular weight is 184 g/mol. The average Bonchev–Trinajstić information content (AvgIpc) is 2.51. The maximum absolute atomic E-state index is 10.9. The molecule has 3 unspecified atom stereocenters. The van der Waals surface area contributed by atoms with E-state index >= 15 is 0 Å². The Hall–Kier alpha value is -0.370. The third-order valence-corrected chi connectivity index (χ3v) is 3.11. The molecule has 1 saturated heterocycles. The Bertz CT molecular complexity index is 179. The summed E-state index contributed by atoms with van der Waals surface area (Å²) in [5.41, 5.74) is -0.172. The van der Waals surface area contributed by atoms with E-state index in [9.17, 15) is 4.79 Å². The summed E-state index contributed by atoms with van der Waals surface area (Å²) in [6.07, 6.45) is 5.83. The highest BCUT2D eigenvalue weighted by Gasteiger charge is 2.30. The smallest absolute Gasteiger partial charge is 0.125 e. The van der Waals surface area contributed by atoms with E-state index in [-0.39, 0.29) is 5.41 Å². The summed E-state index contributed by atoms with van der Waals surface area (Å²) in [4.78, 5) is 10.9. The van der Waals surface area contributed by atoms with Gasteiger partial charge in [-0.05, 0) is 32.6 Å². The van der Waals surface area contributed by atoms with Gasteiger partial charge in [0.25, 0.3) is 0 Å². The second kappa shape index (κ2) is 4.23. The molecule has 0 bridgehead atoms. The molecule has 3 atom stereocenters. The van der Waals surface area contributed by atoms with Gasteiger partial charge in [0.05, 0.1) is 12.2 Å². The van der Waals surface area contributed by atoms with Gasteiger partial charge in [-0.15, -0.1) is 0 Å². The number of aldehydes is 1. The molecule has 0 aromatic carbocycles. The van der Waals surface area contributed by atoms with Crippen LogP contribution in [0.5, 0.6) is 0 Å². The first-order chi connectivity index (χ1) is 6.09. The molecule has 13 heavy (non-hydrogen) atoms. The fourth-order valence-electron chi connectivity index (χ4n) is 1.83. The summed E-state index contributed by atoms with van der Waals surface area (Å²) in [7, 11) is 0. The fourth-order valence-corrected chi connectivity index (χ4v) is 1.83. The monoisotopic (exact) mass is 184 g/mol. The Labute approximate surface area is 80.7 Å². The lowest BCUT2D eigenvalue weighted by molar-refractivity contribution is -0.117. The highest BCUT2D eigenvalue weighted by molar-refractivity contribution is 5.58. The lowest BCUT2D eigenvalue weighted by atomic mass is 9.83. The first-order valence-corrected chi connectivity index (χ1v) is 5.21. The summed E-state index contributed by atoms with van der Waals surface area (Å²) in [5, 5.41) is 0. The fraction of sp³-hybridized carbons (Fsp3) is 0.909. The summed E-state index contributed by atoms with van der Waals surface area (Å²) in [6.45, 7) is 6.18. The molecule has 1 fully saturated rings. The van der Waals surface area contributed by atoms with Gasteiger partial charge in [0.15, 0.2) is 0 Å². The van der Waals surface area contributed by atoms with Crippen molar-refractivity contribution < 1.29 is 9.53 Å². The standard InChI is InChI=1S/C11H20O2/c1-4-11(3,8-12)7-10-6-5-9(2)13-10/h8-10H,4-7H2,1-3H3. The second-order valence-electron chi connectivity index (χ2n) is 4.48. The highest BCUT2D eigenvalue weighted by Crippen LogP contribution is 2.31. The summed E-state index contributed by atoms with van der Waals surface area (Å²) in [5.74, 6) is 0. The number of ether oxygens (including phenoxy) is 1. The largest absolute Gasteiger partial charge is 0.375 e. The Balaban J connectivity index is 2.43. The van der Waals surface area contributed by atoms with E-state index in [2.05, 4.69) is 13.8 Å². The zero-order chi connectivity index (χ0) is 9.90. The van der Waals surface area contributed by atoms with Gasteiger partial charge in [0.2, 0.25) is 0 Å². The molecule has 1 rings (SSSR count). The highest BCUT2D eigenvalue weighted by atomic mass is 16.5. The van der Waals surface area contributed by atoms with Gasteiger partial charge in [-0.2, -0.15) is 0 Å². The van der Waals surface area contributed by atoms with Crippen LogP contribution in [-0.2, 0) is 9.53 Å². The molecule has 0 aromatic rings. The predicted molar refractivity (Wildman–Crippen MR) is 52.6 cm³/mol. The van der Waals surface area contributed by atoms with Gasteiger partial charge >= 0.3 is 0 Å². The van der Waals surface area contributed by atoms with Crippen molar-refractivity contribution in [1.29, 1.82) is 0 Å². The van der Waals surface area contributed by atoms with Crippen LogP contribution in [0.4, 0.5) is 0 Å². The van der Waals surface area contributed by atoms with E-state index < -0.39 is 0 Å². The van der Waals surface area contributed by atoms with Gasteiger partial charge in [-0.25, -0.2) is 0 Å². The van der Waals surface area contributed by atoms with Crippen LogP contribution in [0.25, 0.3) is 0 Å². The van der Waals surface area contributed by atoms with Crippen LogP contribution in [0.15, 0.2) is 0 Å². The lowest BCUT2D eigenvalue weighted by Crippen LogP contribution is -2.24. The van der Waals surface area contributed by atoms with Gasteiger partial charge in [0.1, 0.15) is 6.29 Å². The van der Waals surface area contributed by atoms with E-state index in [1.165, 1.54) is 0 Å². The van der Waals surface area contributed by atoms with Crippen LogP contribution >= 0.6 is 0 Å². The molecule has 0 radical (unpaired) electrons. The van der Waals surface area contributed by atoms with Crippen LogP contribution in [0.2, 0.25) is 0 Å². The van der Waals surface area contributed by atoms with Crippen molar-refractivity contribution in [2.24, 2.45) is 5.41 Å². The first kappa shape index (κ1) is 10.7. The molecule has 0 aromatic heterocycles. The second-order valence-corrected chi connectivity index (χ2v) is 4.48. The molecular formula is C11H20O2. The molecule has 0 amide bonds. The molecule has 0 N–H and O–H groups in total. The van der Waals surface area contributed by atoms with E-state index in [1.807, 2.05) is 6.92 Å². The molecule has 1 aliphatic heterocycles. The normalized spacial score (nSPS) is 32.8. The number of hydrogen-bond donors (Lipinski definition) is 0. The van der Waals surface area contributed by atoms with Gasteiger partial charge in [-0.3, -0.25) is 0 Å². The van der Waals surface area contributed by atoms with Crippen LogP contribution in [0.3, 0.4) is 0 Å². The zero-order valence-electron chi connectivity index (χ0n) is 8.88. The quantitative estimate of drug-likeness (QED) is 0.628. The van der Waals surface area contributed by atoms with Gasteiger partial charge in [-0.1, -0.05) is 13.8 Å². The van der Waals surface area contributed by atoms with Crippen LogP contribution in [0, 0.1) is 5.41 Å². The molecule has 2 heteroatoms. The van der Waals surface area contributed by atoms with Crippen LogP contribution in [0.1, 0.15) is 46.5 Å². The molecule has 0 saturated carbocycles. The summed E-state index contributed by atoms with van der Waals surface area (Å²) < 4.78 is 5.70. The van der Waals surface area contributed by atoms with E-state index in [0.29, 0.717) is 12.2 Å². The van der Waals surface area contributed by atoms with Gasteiger partial charge < -0.3 is 9.53 Å². The van der Waals surface area contributed by atoms with Crippen molar-refractivity contribution in [2.75, 3.05) is 0 Å². The minimum absolute atomic E-state index is 0.172.